The number of nitrogens with zero attached hydrogens (tertiary/aromatic N) is 2. The highest BCUT2D eigenvalue weighted by Crippen LogP contribution is 2.30. The zero-order valence-electron chi connectivity index (χ0n) is 14.9. The summed E-state index contributed by atoms with van der Waals surface area (Å²) in [6.45, 7) is 5.87. The fraction of sp³-hybridized carbons (Fsp3) is 0.476. The van der Waals surface area contributed by atoms with Crippen LogP contribution in [0.3, 0.4) is 0 Å². The molecule has 1 amide bonds. The van der Waals surface area contributed by atoms with Gasteiger partial charge < -0.3 is 4.90 Å². The van der Waals surface area contributed by atoms with Crippen molar-refractivity contribution in [3.05, 3.63) is 46.2 Å². The largest absolute Gasteiger partial charge is 0.335 e. The van der Waals surface area contributed by atoms with E-state index in [0.717, 1.165) is 48.2 Å². The average molecular weight is 355 g/mol. The Hall–Kier alpha value is -1.65. The Morgan fingerprint density at radius 3 is 2.36 bits per heavy atom. The SMILES string of the molecule is Cc1ccc(-c2ccsc2C(=O)N2CCN(C3CCCC3)CC2)cc1. The lowest BCUT2D eigenvalue weighted by atomic mass is 10.0. The Balaban J connectivity index is 1.45. The lowest BCUT2D eigenvalue weighted by Gasteiger charge is -2.38. The standard InChI is InChI=1S/C21H26N2OS/c1-16-6-8-17(9-7-16)19-10-15-25-20(19)21(24)23-13-11-22(12-14-23)18-4-2-3-5-18/h6-10,15,18H,2-5,11-14H2,1H3. The molecule has 4 rings (SSSR count). The van der Waals surface area contributed by atoms with Crippen LogP contribution in [0.5, 0.6) is 0 Å². The van der Waals surface area contributed by atoms with Crippen LogP contribution in [-0.4, -0.2) is 47.9 Å². The van der Waals surface area contributed by atoms with Crippen LogP contribution in [0.25, 0.3) is 11.1 Å². The van der Waals surface area contributed by atoms with Crippen molar-refractivity contribution in [2.45, 2.75) is 38.6 Å². The van der Waals surface area contributed by atoms with Crippen molar-refractivity contribution in [2.24, 2.45) is 0 Å². The van der Waals surface area contributed by atoms with Crippen LogP contribution in [0, 0.1) is 6.92 Å². The lowest BCUT2D eigenvalue weighted by molar-refractivity contribution is 0.0578. The molecule has 0 atom stereocenters. The maximum absolute atomic E-state index is 13.1. The van der Waals surface area contributed by atoms with Gasteiger partial charge in [0.25, 0.3) is 5.91 Å². The van der Waals surface area contributed by atoms with E-state index in [9.17, 15) is 4.79 Å². The minimum Gasteiger partial charge on any atom is -0.335 e. The third-order valence-electron chi connectivity index (χ3n) is 5.66. The minimum atomic E-state index is 0.205. The maximum atomic E-state index is 13.1. The molecule has 0 bridgehead atoms. The third-order valence-corrected chi connectivity index (χ3v) is 6.57. The Bertz CT molecular complexity index is 723. The van der Waals surface area contributed by atoms with Gasteiger partial charge in [0.15, 0.2) is 0 Å². The van der Waals surface area contributed by atoms with E-state index in [2.05, 4.69) is 47.1 Å². The van der Waals surface area contributed by atoms with Crippen LogP contribution in [0.15, 0.2) is 35.7 Å². The summed E-state index contributed by atoms with van der Waals surface area (Å²) in [6, 6.07) is 11.3. The molecule has 0 N–H and O–H groups in total. The Morgan fingerprint density at radius 1 is 1.00 bits per heavy atom. The van der Waals surface area contributed by atoms with Gasteiger partial charge in [0.1, 0.15) is 0 Å². The highest BCUT2D eigenvalue weighted by atomic mass is 32.1. The lowest BCUT2D eigenvalue weighted by Crippen LogP contribution is -2.51. The van der Waals surface area contributed by atoms with Crippen molar-refractivity contribution in [3.8, 4) is 11.1 Å². The van der Waals surface area contributed by atoms with Gasteiger partial charge in [0.2, 0.25) is 0 Å². The number of amides is 1. The first-order valence-corrected chi connectivity index (χ1v) is 10.3. The molecule has 1 saturated carbocycles. The molecule has 2 fully saturated rings. The van der Waals surface area contributed by atoms with Crippen LogP contribution < -0.4 is 0 Å². The Kier molecular flexibility index (Phi) is 4.91. The van der Waals surface area contributed by atoms with E-state index in [0.29, 0.717) is 0 Å². The summed E-state index contributed by atoms with van der Waals surface area (Å²) < 4.78 is 0. The van der Waals surface area contributed by atoms with Gasteiger partial charge >= 0.3 is 0 Å². The number of hydrogen-bond acceptors (Lipinski definition) is 3. The van der Waals surface area contributed by atoms with E-state index in [1.165, 1.54) is 31.2 Å². The molecule has 25 heavy (non-hydrogen) atoms. The fourth-order valence-electron chi connectivity index (χ4n) is 4.14. The monoisotopic (exact) mass is 354 g/mol. The second-order valence-corrected chi connectivity index (χ2v) is 8.21. The van der Waals surface area contributed by atoms with Crippen LogP contribution in [0.1, 0.15) is 40.9 Å². The highest BCUT2D eigenvalue weighted by Gasteiger charge is 2.29. The van der Waals surface area contributed by atoms with Gasteiger partial charge in [0.05, 0.1) is 4.88 Å². The molecule has 1 aliphatic carbocycles. The van der Waals surface area contributed by atoms with Crippen LogP contribution in [0.2, 0.25) is 0 Å². The summed E-state index contributed by atoms with van der Waals surface area (Å²) >= 11 is 1.57. The summed E-state index contributed by atoms with van der Waals surface area (Å²) in [5.74, 6) is 0.205. The van der Waals surface area contributed by atoms with E-state index in [-0.39, 0.29) is 5.91 Å². The van der Waals surface area contributed by atoms with Crippen LogP contribution in [0.4, 0.5) is 0 Å². The van der Waals surface area contributed by atoms with E-state index >= 15 is 0 Å². The van der Waals surface area contributed by atoms with Crippen molar-refractivity contribution in [1.29, 1.82) is 0 Å². The summed E-state index contributed by atoms with van der Waals surface area (Å²) in [6.07, 6.45) is 5.44. The van der Waals surface area contributed by atoms with Gasteiger partial charge in [-0.05, 0) is 36.8 Å². The van der Waals surface area contributed by atoms with Crippen molar-refractivity contribution >= 4 is 17.2 Å². The molecular weight excluding hydrogens is 328 g/mol. The molecule has 0 unspecified atom stereocenters. The predicted octanol–water partition coefficient (Wildman–Crippen LogP) is 4.42. The first-order chi connectivity index (χ1) is 12.2. The minimum absolute atomic E-state index is 0.205. The van der Waals surface area contributed by atoms with E-state index < -0.39 is 0 Å². The second kappa shape index (κ2) is 7.30. The fourth-order valence-corrected chi connectivity index (χ4v) is 5.02. The molecule has 1 aromatic carbocycles. The first kappa shape index (κ1) is 16.8. The summed E-state index contributed by atoms with van der Waals surface area (Å²) in [5.41, 5.74) is 3.46. The number of carbonyl (C=O) groups is 1. The first-order valence-electron chi connectivity index (χ1n) is 9.40. The quantitative estimate of drug-likeness (QED) is 0.814. The molecular formula is C21H26N2OS. The number of aryl methyl sites for hydroxylation is 1. The maximum Gasteiger partial charge on any atom is 0.264 e. The average Bonchev–Trinajstić information content (AvgIpc) is 3.34. The molecule has 1 aliphatic heterocycles. The number of benzene rings is 1. The molecule has 0 spiro atoms. The molecule has 2 aliphatic rings. The number of rotatable bonds is 3. The van der Waals surface area contributed by atoms with Crippen molar-refractivity contribution in [2.75, 3.05) is 26.2 Å². The van der Waals surface area contributed by atoms with Crippen molar-refractivity contribution < 1.29 is 4.79 Å². The van der Waals surface area contributed by atoms with E-state index in [1.807, 2.05) is 5.38 Å². The molecule has 2 heterocycles. The zero-order valence-corrected chi connectivity index (χ0v) is 15.7. The van der Waals surface area contributed by atoms with Gasteiger partial charge in [-0.25, -0.2) is 0 Å². The molecule has 1 saturated heterocycles. The molecule has 132 valence electrons. The van der Waals surface area contributed by atoms with Gasteiger partial charge in [-0.1, -0.05) is 42.7 Å². The van der Waals surface area contributed by atoms with Crippen molar-refractivity contribution in [1.82, 2.24) is 9.80 Å². The predicted molar refractivity (Wildman–Crippen MR) is 104 cm³/mol. The number of thiophene rings is 1. The summed E-state index contributed by atoms with van der Waals surface area (Å²) in [4.78, 5) is 18.6. The number of piperazine rings is 1. The topological polar surface area (TPSA) is 23.6 Å². The third kappa shape index (κ3) is 3.51. The van der Waals surface area contributed by atoms with E-state index in [1.54, 1.807) is 11.3 Å². The van der Waals surface area contributed by atoms with Gasteiger partial charge in [-0.3, -0.25) is 9.69 Å². The number of carbonyl (C=O) groups excluding carboxylic acids is 1. The molecule has 3 nitrogen and oxygen atoms in total. The van der Waals surface area contributed by atoms with Gasteiger partial charge in [-0.15, -0.1) is 11.3 Å². The molecule has 4 heteroatoms. The summed E-state index contributed by atoms with van der Waals surface area (Å²) in [7, 11) is 0. The second-order valence-electron chi connectivity index (χ2n) is 7.30. The zero-order chi connectivity index (χ0) is 17.2. The Labute approximate surface area is 154 Å². The number of hydrogen-bond donors (Lipinski definition) is 0. The van der Waals surface area contributed by atoms with Crippen molar-refractivity contribution in [3.63, 3.8) is 0 Å². The highest BCUT2D eigenvalue weighted by molar-refractivity contribution is 7.12. The van der Waals surface area contributed by atoms with Gasteiger partial charge in [0, 0.05) is 37.8 Å². The van der Waals surface area contributed by atoms with Gasteiger partial charge in [-0.2, -0.15) is 0 Å². The van der Waals surface area contributed by atoms with E-state index in [4.69, 9.17) is 0 Å². The molecule has 0 radical (unpaired) electrons. The van der Waals surface area contributed by atoms with Crippen LogP contribution >= 0.6 is 11.3 Å². The molecule has 2 aromatic rings. The molecule has 1 aromatic heterocycles. The smallest absolute Gasteiger partial charge is 0.264 e. The normalized spacial score (nSPS) is 19.5. The van der Waals surface area contributed by atoms with Crippen LogP contribution in [-0.2, 0) is 0 Å². The Morgan fingerprint density at radius 2 is 1.68 bits per heavy atom. The summed E-state index contributed by atoms with van der Waals surface area (Å²) in [5, 5.41) is 2.04.